The molecular weight excluding hydrogens is 233 g/mol. The van der Waals surface area contributed by atoms with Crippen LogP contribution in [0.15, 0.2) is 12.4 Å². The molecular formula is C13H20FN3O. The van der Waals surface area contributed by atoms with E-state index in [2.05, 4.69) is 16.9 Å². The van der Waals surface area contributed by atoms with Crippen LogP contribution in [0.25, 0.3) is 0 Å². The largest absolute Gasteiger partial charge is 0.378 e. The Hall–Kier alpha value is -0.940. The Kier molecular flexibility index (Phi) is 3.35. The summed E-state index contributed by atoms with van der Waals surface area (Å²) >= 11 is 0. The molecule has 2 aliphatic rings. The van der Waals surface area contributed by atoms with Crippen molar-refractivity contribution in [3.05, 3.63) is 18.0 Å². The minimum absolute atomic E-state index is 0.0949. The number of ether oxygens (including phenoxy) is 1. The number of piperidine rings is 1. The van der Waals surface area contributed by atoms with Crippen molar-refractivity contribution in [2.75, 3.05) is 26.3 Å². The van der Waals surface area contributed by atoms with Gasteiger partial charge in [0.25, 0.3) is 0 Å². The molecule has 4 nitrogen and oxygen atoms in total. The first kappa shape index (κ1) is 12.1. The summed E-state index contributed by atoms with van der Waals surface area (Å²) in [4.78, 5) is 2.22. The van der Waals surface area contributed by atoms with Gasteiger partial charge in [0.2, 0.25) is 0 Å². The molecule has 100 valence electrons. The van der Waals surface area contributed by atoms with E-state index >= 15 is 0 Å². The van der Waals surface area contributed by atoms with Crippen molar-refractivity contribution in [2.24, 2.45) is 0 Å². The molecule has 0 radical (unpaired) electrons. The number of alkyl halides is 1. The molecule has 1 aromatic rings. The normalized spacial score (nSPS) is 30.3. The van der Waals surface area contributed by atoms with E-state index < -0.39 is 6.17 Å². The number of hydrogen-bond donors (Lipinski definition) is 0. The van der Waals surface area contributed by atoms with Gasteiger partial charge in [-0.15, -0.1) is 0 Å². The Morgan fingerprint density at radius 2 is 2.33 bits per heavy atom. The third-order valence-electron chi connectivity index (χ3n) is 4.08. The Labute approximate surface area is 107 Å². The number of nitrogens with zero attached hydrogens (tertiary/aromatic N) is 3. The lowest BCUT2D eigenvalue weighted by molar-refractivity contribution is -0.0847. The van der Waals surface area contributed by atoms with Crippen LogP contribution in [0.5, 0.6) is 0 Å². The van der Waals surface area contributed by atoms with Crippen molar-refractivity contribution in [2.45, 2.75) is 38.0 Å². The molecule has 0 spiro atoms. The van der Waals surface area contributed by atoms with Gasteiger partial charge >= 0.3 is 0 Å². The minimum atomic E-state index is -0.830. The minimum Gasteiger partial charge on any atom is -0.378 e. The van der Waals surface area contributed by atoms with Crippen LogP contribution in [-0.2, 0) is 11.2 Å². The van der Waals surface area contributed by atoms with Gasteiger partial charge < -0.3 is 4.74 Å². The second-order valence-corrected chi connectivity index (χ2v) is 5.24. The zero-order valence-corrected chi connectivity index (χ0v) is 10.8. The Morgan fingerprint density at radius 1 is 1.50 bits per heavy atom. The molecule has 0 N–H and O–H groups in total. The average Bonchev–Trinajstić information content (AvgIpc) is 2.75. The Balaban J connectivity index is 1.64. The third-order valence-corrected chi connectivity index (χ3v) is 4.08. The molecule has 3 heterocycles. The second kappa shape index (κ2) is 4.97. The highest BCUT2D eigenvalue weighted by Gasteiger charge is 2.36. The second-order valence-electron chi connectivity index (χ2n) is 5.24. The van der Waals surface area contributed by atoms with E-state index in [1.54, 1.807) is 0 Å². The molecule has 18 heavy (non-hydrogen) atoms. The zero-order valence-electron chi connectivity index (χ0n) is 10.8. The lowest BCUT2D eigenvalue weighted by atomic mass is 10.0. The number of aromatic nitrogens is 2. The van der Waals surface area contributed by atoms with Gasteiger partial charge in [-0.1, -0.05) is 6.92 Å². The van der Waals surface area contributed by atoms with Crippen molar-refractivity contribution in [1.29, 1.82) is 0 Å². The summed E-state index contributed by atoms with van der Waals surface area (Å²) in [5, 5.41) is 4.30. The van der Waals surface area contributed by atoms with Crippen LogP contribution >= 0.6 is 0 Å². The summed E-state index contributed by atoms with van der Waals surface area (Å²) in [5.74, 6) is 0. The van der Waals surface area contributed by atoms with E-state index in [0.29, 0.717) is 12.6 Å². The van der Waals surface area contributed by atoms with Gasteiger partial charge in [0.15, 0.2) is 0 Å². The fourth-order valence-electron chi connectivity index (χ4n) is 2.72. The summed E-state index contributed by atoms with van der Waals surface area (Å²) < 4.78 is 21.3. The molecule has 2 fully saturated rings. The van der Waals surface area contributed by atoms with Crippen molar-refractivity contribution in [3.8, 4) is 0 Å². The van der Waals surface area contributed by atoms with Gasteiger partial charge in [-0.3, -0.25) is 9.58 Å². The molecule has 2 atom stereocenters. The van der Waals surface area contributed by atoms with Crippen molar-refractivity contribution in [3.63, 3.8) is 0 Å². The number of likely N-dealkylation sites (tertiary alicyclic amines) is 1. The lowest BCUT2D eigenvalue weighted by Gasteiger charge is -2.42. The fourth-order valence-corrected chi connectivity index (χ4v) is 2.72. The summed E-state index contributed by atoms with van der Waals surface area (Å²) in [6, 6.07) is 0.343. The topological polar surface area (TPSA) is 30.3 Å². The Bertz CT molecular complexity index is 405. The molecule has 0 aliphatic carbocycles. The third kappa shape index (κ3) is 2.17. The predicted molar refractivity (Wildman–Crippen MR) is 66.3 cm³/mol. The smallest absolute Gasteiger partial charge is 0.135 e. The molecule has 1 aromatic heterocycles. The first-order valence-corrected chi connectivity index (χ1v) is 6.77. The summed E-state index contributed by atoms with van der Waals surface area (Å²) in [6.07, 6.45) is 4.79. The zero-order chi connectivity index (χ0) is 12.5. The number of halogens is 1. The van der Waals surface area contributed by atoms with Gasteiger partial charge in [-0.2, -0.15) is 5.10 Å². The molecule has 2 saturated heterocycles. The molecule has 0 amide bonds. The number of hydrogen-bond acceptors (Lipinski definition) is 3. The van der Waals surface area contributed by atoms with E-state index in [1.165, 1.54) is 5.56 Å². The maximum atomic E-state index is 14.3. The summed E-state index contributed by atoms with van der Waals surface area (Å²) in [6.45, 7) is 5.08. The highest BCUT2D eigenvalue weighted by Crippen LogP contribution is 2.27. The van der Waals surface area contributed by atoms with Crippen LogP contribution in [0.4, 0.5) is 4.39 Å². The highest BCUT2D eigenvalue weighted by molar-refractivity contribution is 5.04. The fraction of sp³-hybridized carbons (Fsp3) is 0.769. The van der Waals surface area contributed by atoms with Crippen molar-refractivity contribution in [1.82, 2.24) is 14.7 Å². The van der Waals surface area contributed by atoms with E-state index in [-0.39, 0.29) is 6.04 Å². The van der Waals surface area contributed by atoms with Crippen LogP contribution in [0.1, 0.15) is 24.9 Å². The van der Waals surface area contributed by atoms with Crippen LogP contribution in [-0.4, -0.2) is 53.2 Å². The van der Waals surface area contributed by atoms with E-state index in [9.17, 15) is 4.39 Å². The first-order valence-electron chi connectivity index (χ1n) is 6.77. The van der Waals surface area contributed by atoms with Gasteiger partial charge in [-0.25, -0.2) is 4.39 Å². The Morgan fingerprint density at radius 3 is 2.89 bits per heavy atom. The standard InChI is InChI=1S/C13H20FN3O/c1-2-10-5-15-17(6-10)13-3-4-16(7-12(13)14)11-8-18-9-11/h5-6,11-13H,2-4,7-9H2,1H3/t12-,13?/m0/s1. The van der Waals surface area contributed by atoms with Gasteiger partial charge in [0.05, 0.1) is 31.5 Å². The molecule has 1 unspecified atom stereocenters. The first-order chi connectivity index (χ1) is 8.78. The molecule has 3 rings (SSSR count). The van der Waals surface area contributed by atoms with Gasteiger partial charge in [-0.05, 0) is 18.4 Å². The lowest BCUT2D eigenvalue weighted by Crippen LogP contribution is -2.55. The quantitative estimate of drug-likeness (QED) is 0.816. The van der Waals surface area contributed by atoms with Crippen LogP contribution in [0, 0.1) is 0 Å². The SMILES string of the molecule is CCc1cnn(C2CCN(C3COC3)C[C@@H]2F)c1. The predicted octanol–water partition coefficient (Wildman–Crippen LogP) is 1.43. The highest BCUT2D eigenvalue weighted by atomic mass is 19.1. The molecule has 5 heteroatoms. The molecule has 2 aliphatic heterocycles. The number of rotatable bonds is 3. The molecule has 0 bridgehead atoms. The van der Waals surface area contributed by atoms with E-state index in [0.717, 1.165) is 32.6 Å². The van der Waals surface area contributed by atoms with Crippen molar-refractivity contribution < 1.29 is 9.13 Å². The van der Waals surface area contributed by atoms with Gasteiger partial charge in [0, 0.05) is 19.3 Å². The summed E-state index contributed by atoms with van der Waals surface area (Å²) in [5.41, 5.74) is 1.18. The van der Waals surface area contributed by atoms with Gasteiger partial charge in [0.1, 0.15) is 6.17 Å². The van der Waals surface area contributed by atoms with Crippen LogP contribution < -0.4 is 0 Å². The van der Waals surface area contributed by atoms with Crippen LogP contribution in [0.3, 0.4) is 0 Å². The average molecular weight is 253 g/mol. The van der Waals surface area contributed by atoms with E-state index in [1.807, 2.05) is 17.1 Å². The van der Waals surface area contributed by atoms with Crippen molar-refractivity contribution >= 4 is 0 Å². The van der Waals surface area contributed by atoms with Crippen LogP contribution in [0.2, 0.25) is 0 Å². The summed E-state index contributed by atoms with van der Waals surface area (Å²) in [7, 11) is 0. The van der Waals surface area contributed by atoms with E-state index in [4.69, 9.17) is 4.74 Å². The molecule has 0 aromatic carbocycles. The number of aryl methyl sites for hydroxylation is 1. The maximum Gasteiger partial charge on any atom is 0.135 e. The molecule has 0 saturated carbocycles. The monoisotopic (exact) mass is 253 g/mol. The maximum absolute atomic E-state index is 14.3.